The molecule has 2 rings (SSSR count). The number of nitrogens with zero attached hydrogens (tertiary/aromatic N) is 1. The molecule has 1 aliphatic rings. The molecule has 98 valence electrons. The van der Waals surface area contributed by atoms with E-state index in [1.807, 2.05) is 0 Å². The van der Waals surface area contributed by atoms with Crippen LogP contribution in [0, 0.1) is 5.92 Å². The molecule has 1 aliphatic carbocycles. The summed E-state index contributed by atoms with van der Waals surface area (Å²) in [7, 11) is 0. The van der Waals surface area contributed by atoms with Crippen LogP contribution >= 0.6 is 23.2 Å². The van der Waals surface area contributed by atoms with Crippen LogP contribution < -0.4 is 0 Å². The van der Waals surface area contributed by atoms with Gasteiger partial charge in [-0.25, -0.2) is 9.78 Å². The molecule has 1 fully saturated rings. The topological polar surface area (TPSA) is 39.2 Å². The SMILES string of the molecule is CC1CCCC(OC(=O)c2cnc(Cl)c(Cl)c2)C1. The molecule has 2 atom stereocenters. The lowest BCUT2D eigenvalue weighted by atomic mass is 9.89. The van der Waals surface area contributed by atoms with Gasteiger partial charge in [0, 0.05) is 6.20 Å². The Labute approximate surface area is 116 Å². The van der Waals surface area contributed by atoms with Crippen molar-refractivity contribution in [3.05, 3.63) is 28.0 Å². The fourth-order valence-electron chi connectivity index (χ4n) is 2.24. The van der Waals surface area contributed by atoms with E-state index in [9.17, 15) is 4.79 Å². The maximum Gasteiger partial charge on any atom is 0.340 e. The molecule has 1 saturated carbocycles. The van der Waals surface area contributed by atoms with E-state index in [1.54, 1.807) is 0 Å². The van der Waals surface area contributed by atoms with Gasteiger partial charge in [-0.1, -0.05) is 36.5 Å². The highest BCUT2D eigenvalue weighted by Gasteiger charge is 2.23. The average Bonchev–Trinajstić information content (AvgIpc) is 2.32. The van der Waals surface area contributed by atoms with Gasteiger partial charge < -0.3 is 4.74 Å². The van der Waals surface area contributed by atoms with Crippen molar-refractivity contribution in [1.29, 1.82) is 0 Å². The predicted molar refractivity (Wildman–Crippen MR) is 71.1 cm³/mol. The van der Waals surface area contributed by atoms with Crippen LogP contribution in [0.25, 0.3) is 0 Å². The molecule has 0 aliphatic heterocycles. The van der Waals surface area contributed by atoms with E-state index in [4.69, 9.17) is 27.9 Å². The molecule has 2 unspecified atom stereocenters. The maximum absolute atomic E-state index is 11.9. The average molecular weight is 288 g/mol. The first kappa shape index (κ1) is 13.6. The summed E-state index contributed by atoms with van der Waals surface area (Å²) in [6, 6.07) is 1.49. The van der Waals surface area contributed by atoms with E-state index in [2.05, 4.69) is 11.9 Å². The summed E-state index contributed by atoms with van der Waals surface area (Å²) < 4.78 is 5.46. The second-order valence-electron chi connectivity index (χ2n) is 4.80. The number of rotatable bonds is 2. The second kappa shape index (κ2) is 5.89. The number of esters is 1. The number of pyridine rings is 1. The standard InChI is InChI=1S/C13H15Cl2NO2/c1-8-3-2-4-10(5-8)18-13(17)9-6-11(14)12(15)16-7-9/h6-8,10H,2-5H2,1H3. The summed E-state index contributed by atoms with van der Waals surface area (Å²) in [5.41, 5.74) is 0.350. The van der Waals surface area contributed by atoms with Crippen LogP contribution in [0.4, 0.5) is 0 Å². The number of halogens is 2. The number of hydrogen-bond donors (Lipinski definition) is 0. The molecule has 0 amide bonds. The van der Waals surface area contributed by atoms with Gasteiger partial charge in [-0.05, 0) is 31.2 Å². The molecule has 0 aromatic carbocycles. The third-order valence-corrected chi connectivity index (χ3v) is 3.88. The van der Waals surface area contributed by atoms with Crippen LogP contribution in [-0.4, -0.2) is 17.1 Å². The lowest BCUT2D eigenvalue weighted by Gasteiger charge is -2.26. The third-order valence-electron chi connectivity index (χ3n) is 3.19. The van der Waals surface area contributed by atoms with Gasteiger partial charge in [0.15, 0.2) is 0 Å². The zero-order chi connectivity index (χ0) is 13.1. The number of hydrogen-bond acceptors (Lipinski definition) is 3. The van der Waals surface area contributed by atoms with Gasteiger partial charge in [0.05, 0.1) is 10.6 Å². The normalized spacial score (nSPS) is 23.7. The molecular formula is C13H15Cl2NO2. The third kappa shape index (κ3) is 3.36. The van der Waals surface area contributed by atoms with Crippen LogP contribution in [0.2, 0.25) is 10.2 Å². The van der Waals surface area contributed by atoms with E-state index in [0.29, 0.717) is 11.5 Å². The minimum atomic E-state index is -0.375. The Balaban J connectivity index is 2.00. The molecular weight excluding hydrogens is 273 g/mol. The summed E-state index contributed by atoms with van der Waals surface area (Å²) in [6.07, 6.45) is 5.59. The van der Waals surface area contributed by atoms with Gasteiger partial charge in [0.1, 0.15) is 11.3 Å². The molecule has 18 heavy (non-hydrogen) atoms. The predicted octanol–water partition coefficient (Wildman–Crippen LogP) is 4.12. The first-order valence-corrected chi connectivity index (χ1v) is 6.84. The van der Waals surface area contributed by atoms with Crippen LogP contribution in [0.1, 0.15) is 43.0 Å². The van der Waals surface area contributed by atoms with Crippen LogP contribution in [0.3, 0.4) is 0 Å². The Morgan fingerprint density at radius 1 is 1.44 bits per heavy atom. The van der Waals surface area contributed by atoms with E-state index in [1.165, 1.54) is 18.7 Å². The van der Waals surface area contributed by atoms with Gasteiger partial charge in [0.25, 0.3) is 0 Å². The molecule has 0 spiro atoms. The monoisotopic (exact) mass is 287 g/mol. The highest BCUT2D eigenvalue weighted by atomic mass is 35.5. The summed E-state index contributed by atoms with van der Waals surface area (Å²) in [6.45, 7) is 2.18. The highest BCUT2D eigenvalue weighted by Crippen LogP contribution is 2.27. The van der Waals surface area contributed by atoms with Crippen molar-refractivity contribution in [1.82, 2.24) is 4.98 Å². The van der Waals surface area contributed by atoms with Crippen molar-refractivity contribution in [2.75, 3.05) is 0 Å². The van der Waals surface area contributed by atoms with Gasteiger partial charge >= 0.3 is 5.97 Å². The highest BCUT2D eigenvalue weighted by molar-refractivity contribution is 6.41. The number of ether oxygens (including phenoxy) is 1. The minimum Gasteiger partial charge on any atom is -0.459 e. The van der Waals surface area contributed by atoms with Crippen molar-refractivity contribution < 1.29 is 9.53 Å². The van der Waals surface area contributed by atoms with Gasteiger partial charge in [-0.15, -0.1) is 0 Å². The van der Waals surface area contributed by atoms with Crippen molar-refractivity contribution in [3.8, 4) is 0 Å². The maximum atomic E-state index is 11.9. The first-order valence-electron chi connectivity index (χ1n) is 6.08. The molecule has 1 aromatic rings. The number of carbonyl (C=O) groups excluding carboxylic acids is 1. The van der Waals surface area contributed by atoms with E-state index < -0.39 is 0 Å². The van der Waals surface area contributed by atoms with Gasteiger partial charge in [-0.3, -0.25) is 0 Å². The van der Waals surface area contributed by atoms with Crippen molar-refractivity contribution >= 4 is 29.2 Å². The Hall–Kier alpha value is -0.800. The van der Waals surface area contributed by atoms with E-state index >= 15 is 0 Å². The molecule has 1 aromatic heterocycles. The van der Waals surface area contributed by atoms with Crippen LogP contribution in [0.5, 0.6) is 0 Å². The van der Waals surface area contributed by atoms with Gasteiger partial charge in [0.2, 0.25) is 0 Å². The lowest BCUT2D eigenvalue weighted by molar-refractivity contribution is 0.0155. The fourth-order valence-corrected chi connectivity index (χ4v) is 2.51. The van der Waals surface area contributed by atoms with E-state index in [0.717, 1.165) is 19.3 Å². The fraction of sp³-hybridized carbons (Fsp3) is 0.538. The Morgan fingerprint density at radius 3 is 2.89 bits per heavy atom. The van der Waals surface area contributed by atoms with Gasteiger partial charge in [-0.2, -0.15) is 0 Å². The summed E-state index contributed by atoms with van der Waals surface area (Å²) in [5, 5.41) is 0.461. The first-order chi connectivity index (χ1) is 8.56. The number of aromatic nitrogens is 1. The largest absolute Gasteiger partial charge is 0.459 e. The quantitative estimate of drug-likeness (QED) is 0.607. The second-order valence-corrected chi connectivity index (χ2v) is 5.56. The molecule has 3 nitrogen and oxygen atoms in total. The molecule has 0 bridgehead atoms. The Bertz CT molecular complexity index is 451. The lowest BCUT2D eigenvalue weighted by Crippen LogP contribution is -2.24. The Morgan fingerprint density at radius 2 is 2.22 bits per heavy atom. The molecule has 0 saturated heterocycles. The molecule has 1 heterocycles. The molecule has 0 radical (unpaired) electrons. The minimum absolute atomic E-state index is 0.00991. The van der Waals surface area contributed by atoms with Crippen LogP contribution in [0.15, 0.2) is 12.3 Å². The van der Waals surface area contributed by atoms with Crippen molar-refractivity contribution in [2.45, 2.75) is 38.7 Å². The smallest absolute Gasteiger partial charge is 0.340 e. The summed E-state index contributed by atoms with van der Waals surface area (Å²) >= 11 is 11.5. The molecule has 0 N–H and O–H groups in total. The number of carbonyl (C=O) groups is 1. The molecule has 5 heteroatoms. The zero-order valence-electron chi connectivity index (χ0n) is 10.2. The summed E-state index contributed by atoms with van der Waals surface area (Å²) in [5.74, 6) is 0.239. The van der Waals surface area contributed by atoms with Crippen LogP contribution in [-0.2, 0) is 4.74 Å². The zero-order valence-corrected chi connectivity index (χ0v) is 11.7. The van der Waals surface area contributed by atoms with Crippen molar-refractivity contribution in [3.63, 3.8) is 0 Å². The van der Waals surface area contributed by atoms with E-state index in [-0.39, 0.29) is 22.2 Å². The van der Waals surface area contributed by atoms with Crippen molar-refractivity contribution in [2.24, 2.45) is 5.92 Å². The Kier molecular flexibility index (Phi) is 4.46. The summed E-state index contributed by atoms with van der Waals surface area (Å²) in [4.78, 5) is 15.8.